The van der Waals surface area contributed by atoms with Crippen LogP contribution < -0.4 is 4.74 Å². The van der Waals surface area contributed by atoms with Crippen molar-refractivity contribution >= 4 is 11.6 Å². The van der Waals surface area contributed by atoms with E-state index >= 15 is 0 Å². The summed E-state index contributed by atoms with van der Waals surface area (Å²) in [6, 6.07) is 14.3. The molecule has 0 saturated carbocycles. The molecular weight excluding hydrogens is 263 g/mol. The summed E-state index contributed by atoms with van der Waals surface area (Å²) in [6.45, 7) is 0.410. The summed E-state index contributed by atoms with van der Waals surface area (Å²) in [5.41, 5.74) is 1.36. The van der Waals surface area contributed by atoms with Crippen LogP contribution in [0.5, 0.6) is 5.75 Å². The molecule has 96 valence electrons. The minimum absolute atomic E-state index is 0.186. The smallest absolute Gasteiger partial charge is 0.142 e. The zero-order valence-electron chi connectivity index (χ0n) is 10.2. The normalized spacial score (nSPS) is 9.58. The van der Waals surface area contributed by atoms with Crippen LogP contribution in [0.4, 0.5) is 4.39 Å². The van der Waals surface area contributed by atoms with Gasteiger partial charge in [0.25, 0.3) is 0 Å². The van der Waals surface area contributed by atoms with E-state index in [-0.39, 0.29) is 5.88 Å². The van der Waals surface area contributed by atoms with Crippen molar-refractivity contribution in [2.45, 2.75) is 6.61 Å². The van der Waals surface area contributed by atoms with Gasteiger partial charge in [-0.15, -0.1) is 11.6 Å². The number of halogens is 2. The summed E-state index contributed by atoms with van der Waals surface area (Å²) >= 11 is 5.43. The highest BCUT2D eigenvalue weighted by atomic mass is 35.5. The monoisotopic (exact) mass is 274 g/mol. The number of rotatable bonds is 3. The van der Waals surface area contributed by atoms with Crippen LogP contribution in [0.3, 0.4) is 0 Å². The van der Waals surface area contributed by atoms with Gasteiger partial charge < -0.3 is 4.74 Å². The molecule has 2 aromatic carbocycles. The zero-order valence-corrected chi connectivity index (χ0v) is 11.0. The molecule has 3 heteroatoms. The number of ether oxygens (including phenoxy) is 1. The Bertz CT molecular complexity index is 599. The lowest BCUT2D eigenvalue weighted by atomic mass is 10.2. The lowest BCUT2D eigenvalue weighted by Crippen LogP contribution is -1.96. The molecule has 0 atom stereocenters. The van der Waals surface area contributed by atoms with Crippen LogP contribution in [0.2, 0.25) is 0 Å². The quantitative estimate of drug-likeness (QED) is 0.607. The molecule has 0 aliphatic rings. The molecule has 2 rings (SSSR count). The van der Waals surface area contributed by atoms with Crippen molar-refractivity contribution in [3.63, 3.8) is 0 Å². The summed E-state index contributed by atoms with van der Waals surface area (Å²) in [5, 5.41) is 0. The Labute approximate surface area is 117 Å². The van der Waals surface area contributed by atoms with Crippen molar-refractivity contribution in [3.05, 3.63) is 65.5 Å². The third-order valence-corrected chi connectivity index (χ3v) is 2.61. The highest BCUT2D eigenvalue weighted by Gasteiger charge is 2.02. The zero-order chi connectivity index (χ0) is 13.5. The fourth-order valence-electron chi connectivity index (χ4n) is 1.56. The highest BCUT2D eigenvalue weighted by molar-refractivity contribution is 6.19. The molecule has 19 heavy (non-hydrogen) atoms. The molecule has 1 nitrogen and oxygen atoms in total. The predicted molar refractivity (Wildman–Crippen MR) is 74.8 cm³/mol. The lowest BCUT2D eigenvalue weighted by molar-refractivity contribution is 0.304. The van der Waals surface area contributed by atoms with Crippen LogP contribution in [-0.4, -0.2) is 5.88 Å². The maximum atomic E-state index is 13.7. The molecule has 0 aliphatic carbocycles. The molecule has 0 N–H and O–H groups in total. The second kappa shape index (κ2) is 6.82. The first kappa shape index (κ1) is 13.5. The second-order valence-electron chi connectivity index (χ2n) is 3.85. The fraction of sp³-hybridized carbons (Fsp3) is 0.125. The van der Waals surface area contributed by atoms with Crippen LogP contribution >= 0.6 is 11.6 Å². The summed E-state index contributed by atoms with van der Waals surface area (Å²) in [6.07, 6.45) is 0. The van der Waals surface area contributed by atoms with Crippen LogP contribution in [0.15, 0.2) is 48.5 Å². The van der Waals surface area contributed by atoms with Gasteiger partial charge in [0, 0.05) is 6.07 Å². The minimum Gasteiger partial charge on any atom is -0.489 e. The molecule has 0 amide bonds. The van der Waals surface area contributed by atoms with Gasteiger partial charge in [-0.3, -0.25) is 0 Å². The topological polar surface area (TPSA) is 9.23 Å². The standard InChI is InChI=1S/C16H12ClFO/c17-10-4-7-14-8-9-15(11-16(14)18)19-12-13-5-2-1-3-6-13/h1-3,5-6,8-9,11H,10,12H2. The first-order valence-corrected chi connectivity index (χ1v) is 6.34. The van der Waals surface area contributed by atoms with Gasteiger partial charge in [-0.05, 0) is 17.7 Å². The summed E-state index contributed by atoms with van der Waals surface area (Å²) < 4.78 is 19.2. The van der Waals surface area contributed by atoms with E-state index in [1.807, 2.05) is 30.3 Å². The molecule has 0 fully saturated rings. The van der Waals surface area contributed by atoms with E-state index in [1.54, 1.807) is 12.1 Å². The van der Waals surface area contributed by atoms with Gasteiger partial charge in [0.05, 0.1) is 11.4 Å². The molecule has 0 radical (unpaired) electrons. The summed E-state index contributed by atoms with van der Waals surface area (Å²) in [7, 11) is 0. The number of alkyl halides is 1. The van der Waals surface area contributed by atoms with Gasteiger partial charge in [0.2, 0.25) is 0 Å². The first-order valence-electron chi connectivity index (χ1n) is 5.80. The van der Waals surface area contributed by atoms with Crippen LogP contribution in [-0.2, 0) is 6.61 Å². The molecule has 0 spiro atoms. The Kier molecular flexibility index (Phi) is 4.83. The van der Waals surface area contributed by atoms with E-state index in [9.17, 15) is 4.39 Å². The van der Waals surface area contributed by atoms with Gasteiger partial charge in [0.15, 0.2) is 0 Å². The van der Waals surface area contributed by atoms with Crippen molar-refractivity contribution in [2.75, 3.05) is 5.88 Å². The average molecular weight is 275 g/mol. The van der Waals surface area contributed by atoms with Gasteiger partial charge in [-0.25, -0.2) is 4.39 Å². The first-order chi connectivity index (χ1) is 9.29. The molecule has 0 bridgehead atoms. The number of hydrogen-bond donors (Lipinski definition) is 0. The highest BCUT2D eigenvalue weighted by Crippen LogP contribution is 2.17. The van der Waals surface area contributed by atoms with E-state index in [2.05, 4.69) is 11.8 Å². The van der Waals surface area contributed by atoms with E-state index < -0.39 is 5.82 Å². The number of benzene rings is 2. The maximum absolute atomic E-state index is 13.7. The predicted octanol–water partition coefficient (Wildman–Crippen LogP) is 4.00. The molecule has 2 aromatic rings. The van der Waals surface area contributed by atoms with Gasteiger partial charge >= 0.3 is 0 Å². The van der Waals surface area contributed by atoms with Crippen LogP contribution in [0.1, 0.15) is 11.1 Å². The van der Waals surface area contributed by atoms with Crippen molar-refractivity contribution in [1.29, 1.82) is 0 Å². The van der Waals surface area contributed by atoms with Gasteiger partial charge in [-0.2, -0.15) is 0 Å². The van der Waals surface area contributed by atoms with Crippen molar-refractivity contribution in [2.24, 2.45) is 0 Å². The molecule has 0 saturated heterocycles. The van der Waals surface area contributed by atoms with Crippen LogP contribution in [0, 0.1) is 17.7 Å². The maximum Gasteiger partial charge on any atom is 0.142 e. The third-order valence-electron chi connectivity index (χ3n) is 2.48. The largest absolute Gasteiger partial charge is 0.489 e. The van der Waals surface area contributed by atoms with Crippen molar-refractivity contribution in [3.8, 4) is 17.6 Å². The third kappa shape index (κ3) is 4.01. The van der Waals surface area contributed by atoms with Gasteiger partial charge in [0.1, 0.15) is 18.2 Å². The Morgan fingerprint density at radius 2 is 1.89 bits per heavy atom. The summed E-state index contributed by atoms with van der Waals surface area (Å²) in [4.78, 5) is 0. The van der Waals surface area contributed by atoms with E-state index in [4.69, 9.17) is 16.3 Å². The Morgan fingerprint density at radius 1 is 1.11 bits per heavy atom. The Hall–Kier alpha value is -1.98. The second-order valence-corrected chi connectivity index (χ2v) is 4.12. The summed E-state index contributed by atoms with van der Waals surface area (Å²) in [5.74, 6) is 5.54. The fourth-order valence-corrected chi connectivity index (χ4v) is 1.62. The molecule has 0 unspecified atom stereocenters. The van der Waals surface area contributed by atoms with E-state index in [1.165, 1.54) is 6.07 Å². The molecule has 0 aliphatic heterocycles. The van der Waals surface area contributed by atoms with Crippen molar-refractivity contribution < 1.29 is 9.13 Å². The van der Waals surface area contributed by atoms with E-state index in [0.29, 0.717) is 17.9 Å². The molecule has 0 aromatic heterocycles. The number of hydrogen-bond acceptors (Lipinski definition) is 1. The Balaban J connectivity index is 2.04. The lowest BCUT2D eigenvalue weighted by Gasteiger charge is -2.06. The minimum atomic E-state index is -0.400. The average Bonchev–Trinajstić information content (AvgIpc) is 2.45. The van der Waals surface area contributed by atoms with E-state index in [0.717, 1.165) is 5.56 Å². The van der Waals surface area contributed by atoms with Crippen molar-refractivity contribution in [1.82, 2.24) is 0 Å². The van der Waals surface area contributed by atoms with Crippen LogP contribution in [0.25, 0.3) is 0 Å². The Morgan fingerprint density at radius 3 is 2.58 bits per heavy atom. The van der Waals surface area contributed by atoms with Gasteiger partial charge in [-0.1, -0.05) is 42.2 Å². The molecule has 0 heterocycles. The molecular formula is C16H12ClFO. The SMILES string of the molecule is Fc1cc(OCc2ccccc2)ccc1C#CCCl.